The highest BCUT2D eigenvalue weighted by atomic mass is 16.5. The van der Waals surface area contributed by atoms with Gasteiger partial charge in [-0.05, 0) is 58.8 Å². The Bertz CT molecular complexity index is 441. The quantitative estimate of drug-likeness (QED) is 0.623. The topological polar surface area (TPSA) is 75.6 Å². The van der Waals surface area contributed by atoms with Gasteiger partial charge in [0.2, 0.25) is 5.91 Å². The summed E-state index contributed by atoms with van der Waals surface area (Å²) in [6.45, 7) is 8.09. The minimum atomic E-state index is -0.167. The van der Waals surface area contributed by atoms with Crippen molar-refractivity contribution in [3.8, 4) is 0 Å². The number of aliphatic hydroxyl groups excluding tert-OH is 1. The Labute approximate surface area is 173 Å². The van der Waals surface area contributed by atoms with Crippen LogP contribution in [0.5, 0.6) is 0 Å². The van der Waals surface area contributed by atoms with E-state index in [0.717, 1.165) is 44.9 Å². The van der Waals surface area contributed by atoms with Crippen LogP contribution in [0.3, 0.4) is 0 Å². The van der Waals surface area contributed by atoms with Gasteiger partial charge in [-0.25, -0.2) is 0 Å². The van der Waals surface area contributed by atoms with E-state index in [0.29, 0.717) is 24.9 Å². The van der Waals surface area contributed by atoms with Crippen LogP contribution in [0.25, 0.3) is 0 Å². The zero-order valence-corrected chi connectivity index (χ0v) is 18.5. The molecule has 1 atom stereocenters. The van der Waals surface area contributed by atoms with E-state index in [1.807, 2.05) is 6.92 Å². The van der Waals surface area contributed by atoms with Crippen molar-refractivity contribution < 1.29 is 20.9 Å². The van der Waals surface area contributed by atoms with Crippen molar-refractivity contribution in [3.63, 3.8) is 0 Å². The predicted octanol–water partition coefficient (Wildman–Crippen LogP) is 4.65. The van der Waals surface area contributed by atoms with Gasteiger partial charge < -0.3 is 15.2 Å². The van der Waals surface area contributed by atoms with Crippen LogP contribution < -0.4 is 5.32 Å². The van der Waals surface area contributed by atoms with E-state index in [4.69, 9.17) is 9.84 Å². The number of carbonyl (C=O) groups is 2. The molecule has 5 heteroatoms. The molecule has 5 nitrogen and oxygen atoms in total. The summed E-state index contributed by atoms with van der Waals surface area (Å²) in [6.07, 6.45) is 11.4. The standard InChI is InChI=1S/C20H35NO3.C3H8O.H2/c1-3-15(2)20(23)16-9-11-17(12-10-16)21-19(22)13-14-24-18-7-5-4-6-8-18;1-3(2)4;/h15-18H,3-14H2,1-2H3,(H,21,22);3-4H,1-2H3;1H. The van der Waals surface area contributed by atoms with Crippen LogP contribution in [0.2, 0.25) is 0 Å². The molecule has 1 amide bonds. The van der Waals surface area contributed by atoms with Gasteiger partial charge in [-0.15, -0.1) is 0 Å². The van der Waals surface area contributed by atoms with Gasteiger partial charge in [0.1, 0.15) is 5.78 Å². The maximum Gasteiger partial charge on any atom is 0.222 e. The molecule has 2 aliphatic carbocycles. The molecule has 2 fully saturated rings. The number of aliphatic hydroxyl groups is 1. The van der Waals surface area contributed by atoms with Crippen LogP contribution in [0.1, 0.15) is 99.8 Å². The van der Waals surface area contributed by atoms with E-state index in [1.54, 1.807) is 13.8 Å². The first kappa shape index (κ1) is 25.1. The Balaban J connectivity index is 0.00000143. The Hall–Kier alpha value is -0.940. The van der Waals surface area contributed by atoms with E-state index in [2.05, 4.69) is 12.2 Å². The average molecular weight is 400 g/mol. The summed E-state index contributed by atoms with van der Waals surface area (Å²) in [5, 5.41) is 11.2. The van der Waals surface area contributed by atoms with Gasteiger partial charge in [0.05, 0.1) is 12.7 Å². The fourth-order valence-electron chi connectivity index (χ4n) is 3.98. The Morgan fingerprint density at radius 1 is 1.04 bits per heavy atom. The summed E-state index contributed by atoms with van der Waals surface area (Å²) in [7, 11) is 0. The zero-order chi connectivity index (χ0) is 20.9. The average Bonchev–Trinajstić information content (AvgIpc) is 2.68. The van der Waals surface area contributed by atoms with Crippen LogP contribution in [0.15, 0.2) is 0 Å². The molecule has 0 aromatic carbocycles. The summed E-state index contributed by atoms with van der Waals surface area (Å²) in [6, 6.07) is 0.244. The highest BCUT2D eigenvalue weighted by Crippen LogP contribution is 2.28. The number of carbonyl (C=O) groups excluding carboxylic acids is 2. The molecule has 0 radical (unpaired) electrons. The van der Waals surface area contributed by atoms with Gasteiger partial charge in [-0.2, -0.15) is 0 Å². The fraction of sp³-hybridized carbons (Fsp3) is 0.913. The largest absolute Gasteiger partial charge is 0.394 e. The summed E-state index contributed by atoms with van der Waals surface area (Å²) in [4.78, 5) is 24.3. The number of amides is 1. The smallest absolute Gasteiger partial charge is 0.222 e. The van der Waals surface area contributed by atoms with Crippen molar-refractivity contribution in [2.75, 3.05) is 6.61 Å². The fourth-order valence-corrected chi connectivity index (χ4v) is 3.98. The Morgan fingerprint density at radius 2 is 1.61 bits per heavy atom. The van der Waals surface area contributed by atoms with Crippen LogP contribution >= 0.6 is 0 Å². The van der Waals surface area contributed by atoms with E-state index >= 15 is 0 Å². The third-order valence-electron chi connectivity index (χ3n) is 5.83. The maximum atomic E-state index is 12.2. The molecule has 0 spiro atoms. The molecule has 0 bridgehead atoms. The molecular weight excluding hydrogens is 354 g/mol. The lowest BCUT2D eigenvalue weighted by Gasteiger charge is -2.29. The number of hydrogen-bond donors (Lipinski definition) is 2. The number of ketones is 1. The lowest BCUT2D eigenvalue weighted by atomic mass is 9.79. The highest BCUT2D eigenvalue weighted by molar-refractivity contribution is 5.83. The van der Waals surface area contributed by atoms with Gasteiger partial charge in [-0.3, -0.25) is 9.59 Å². The zero-order valence-electron chi connectivity index (χ0n) is 18.5. The second-order valence-electron chi connectivity index (χ2n) is 8.80. The normalized spacial score (nSPS) is 24.2. The van der Waals surface area contributed by atoms with E-state index in [9.17, 15) is 9.59 Å². The van der Waals surface area contributed by atoms with Gasteiger partial charge >= 0.3 is 0 Å². The van der Waals surface area contributed by atoms with E-state index in [1.165, 1.54) is 19.3 Å². The second-order valence-corrected chi connectivity index (χ2v) is 8.80. The monoisotopic (exact) mass is 399 g/mol. The first-order chi connectivity index (χ1) is 13.3. The molecule has 166 valence electrons. The number of ether oxygens (including phenoxy) is 1. The predicted molar refractivity (Wildman–Crippen MR) is 115 cm³/mol. The van der Waals surface area contributed by atoms with Crippen LogP contribution in [-0.2, 0) is 14.3 Å². The number of hydrogen-bond acceptors (Lipinski definition) is 4. The molecule has 2 saturated carbocycles. The Morgan fingerprint density at radius 3 is 2.14 bits per heavy atom. The van der Waals surface area contributed by atoms with Crippen LogP contribution in [-0.4, -0.2) is 41.7 Å². The van der Waals surface area contributed by atoms with Crippen molar-refractivity contribution in [1.29, 1.82) is 0 Å². The van der Waals surface area contributed by atoms with Gasteiger partial charge in [0.15, 0.2) is 0 Å². The van der Waals surface area contributed by atoms with Crippen molar-refractivity contribution in [2.24, 2.45) is 11.8 Å². The third-order valence-corrected chi connectivity index (χ3v) is 5.83. The first-order valence-electron chi connectivity index (χ1n) is 11.5. The molecule has 1 unspecified atom stereocenters. The summed E-state index contributed by atoms with van der Waals surface area (Å²) >= 11 is 0. The second kappa shape index (κ2) is 14.1. The van der Waals surface area contributed by atoms with Crippen molar-refractivity contribution in [3.05, 3.63) is 0 Å². The number of nitrogens with one attached hydrogen (secondary N) is 1. The van der Waals surface area contributed by atoms with E-state index < -0.39 is 0 Å². The van der Waals surface area contributed by atoms with Gasteiger partial charge in [0.25, 0.3) is 0 Å². The highest BCUT2D eigenvalue weighted by Gasteiger charge is 2.28. The van der Waals surface area contributed by atoms with Crippen molar-refractivity contribution in [2.45, 2.75) is 117 Å². The first-order valence-corrected chi connectivity index (χ1v) is 11.5. The molecule has 2 aliphatic rings. The summed E-state index contributed by atoms with van der Waals surface area (Å²) in [5.74, 6) is 0.909. The van der Waals surface area contributed by atoms with Gasteiger partial charge in [0, 0.05) is 31.8 Å². The minimum absolute atomic E-state index is 0. The molecule has 0 saturated heterocycles. The minimum Gasteiger partial charge on any atom is -0.394 e. The molecule has 2 N–H and O–H groups in total. The molecule has 0 aromatic rings. The SMILES string of the molecule is CC(C)O.CCC(C)C(=O)C1CCC(NC(=O)CCOC2CCCCC2)CC1.[HH]. The molecule has 0 aromatic heterocycles. The third kappa shape index (κ3) is 10.6. The lowest BCUT2D eigenvalue weighted by molar-refractivity contribution is -0.127. The number of Topliss-reactive ketones (excluding diaryl/α,β-unsaturated/α-hetero) is 1. The molecule has 0 aliphatic heterocycles. The Kier molecular flexibility index (Phi) is 12.6. The molecule has 28 heavy (non-hydrogen) atoms. The summed E-state index contributed by atoms with van der Waals surface area (Å²) < 4.78 is 5.82. The van der Waals surface area contributed by atoms with E-state index in [-0.39, 0.29) is 31.3 Å². The van der Waals surface area contributed by atoms with Crippen molar-refractivity contribution >= 4 is 11.7 Å². The van der Waals surface area contributed by atoms with Crippen molar-refractivity contribution in [1.82, 2.24) is 5.32 Å². The molecule has 2 rings (SSSR count). The molecular formula is C23H45NO4. The lowest BCUT2D eigenvalue weighted by Crippen LogP contribution is -2.39. The number of rotatable bonds is 8. The van der Waals surface area contributed by atoms with Gasteiger partial charge in [-0.1, -0.05) is 33.1 Å². The molecule has 0 heterocycles. The van der Waals surface area contributed by atoms with Crippen LogP contribution in [0.4, 0.5) is 0 Å². The maximum absolute atomic E-state index is 12.2. The van der Waals surface area contributed by atoms with Crippen LogP contribution in [0, 0.1) is 11.8 Å². The summed E-state index contributed by atoms with van der Waals surface area (Å²) in [5.41, 5.74) is 0.